The number of nitrogens with zero attached hydrogens (tertiary/aromatic N) is 12. The average molecular weight is 1890 g/mol. The molecule has 0 saturated carbocycles. The lowest BCUT2D eigenvalue weighted by atomic mass is 9.76. The lowest BCUT2D eigenvalue weighted by molar-refractivity contribution is 0.274. The van der Waals surface area contributed by atoms with Gasteiger partial charge in [0.25, 0.3) is 0 Å². The fraction of sp³-hybridized carbons (Fsp3) is 0.200. The number of benzene rings is 6. The van der Waals surface area contributed by atoms with Gasteiger partial charge in [0.1, 0.15) is 87.6 Å². The quantitative estimate of drug-likeness (QED) is 0.0619. The van der Waals surface area contributed by atoms with Crippen LogP contribution in [-0.4, -0.2) is 103 Å². The molecule has 0 fully saturated rings. The number of hydrogen-bond donors (Lipinski definition) is 6. The van der Waals surface area contributed by atoms with E-state index in [1.54, 1.807) is 96.1 Å². The zero-order valence-electron chi connectivity index (χ0n) is 72.3. The minimum Gasteiger partial charge on any atom is -0.439 e. The first-order chi connectivity index (χ1) is 63.0. The van der Waals surface area contributed by atoms with E-state index in [0.29, 0.717) is 173 Å². The molecular weight excluding hydrogens is 1810 g/mol. The number of nitriles is 6. The molecule has 0 radical (unpaired) electrons. The molecule has 0 spiro atoms. The third kappa shape index (κ3) is 21.7. The van der Waals surface area contributed by atoms with Gasteiger partial charge in [0, 0.05) is 18.2 Å². The van der Waals surface area contributed by atoms with E-state index >= 15 is 0 Å². The Hall–Kier alpha value is -12.4. The highest BCUT2D eigenvalue weighted by Crippen LogP contribution is 2.39. The lowest BCUT2D eigenvalue weighted by Crippen LogP contribution is -2.30. The fourth-order valence-corrected chi connectivity index (χ4v) is 15.2. The van der Waals surface area contributed by atoms with Crippen LogP contribution >= 0.6 is 69.6 Å². The number of ether oxygens (including phenoxy) is 6. The molecule has 30 nitrogen and oxygen atoms in total. The molecule has 6 aromatic carbocycles. The van der Waals surface area contributed by atoms with Crippen molar-refractivity contribution in [1.29, 1.82) is 31.6 Å². The van der Waals surface area contributed by atoms with E-state index in [-0.39, 0.29) is 34.3 Å². The van der Waals surface area contributed by atoms with Crippen molar-refractivity contribution in [3.63, 3.8) is 0 Å². The first kappa shape index (κ1) is 97.1. The summed E-state index contributed by atoms with van der Waals surface area (Å²) in [7, 11) is -5.34. The summed E-state index contributed by atoms with van der Waals surface area (Å²) in [5, 5.41) is 115. The number of halogens is 6. The van der Waals surface area contributed by atoms with Crippen LogP contribution in [0, 0.1) is 151 Å². The van der Waals surface area contributed by atoms with Crippen molar-refractivity contribution >= 4 is 145 Å². The SMILES string of the molecule is Cc1cc(Oc2cc(C#N)c(Cl)c(C)n2)cc2c1B(O)OC2.Cc1cc(Oc2nc(C)c(Cl)cc2C#N)cc2c1B(O)OC2.Cc1cc2c(cc1Oc1cc(C#N)c(Cl)c(C)n1)COB2O.Cc1cc2c(cc1Oc1nc(C)c(Cl)cc1C#N)COB2O.Cc1nc(Oc2ccc3c(c2C)COB3O)c(C#N)cc1Cl.Cc1nc(Oc2ccc3c(c2C)COB3O)cc(C#N)c1Cl. The highest BCUT2D eigenvalue weighted by atomic mass is 35.5. The number of rotatable bonds is 12. The van der Waals surface area contributed by atoms with Crippen LogP contribution in [0.1, 0.15) is 134 Å². The Morgan fingerprint density at radius 3 is 0.970 bits per heavy atom. The van der Waals surface area contributed by atoms with Gasteiger partial charge in [-0.2, -0.15) is 31.6 Å². The van der Waals surface area contributed by atoms with Gasteiger partial charge in [0.2, 0.25) is 35.3 Å². The second-order valence-corrected chi connectivity index (χ2v) is 32.8. The average Bonchev–Trinajstić information content (AvgIpc) is 1.67. The van der Waals surface area contributed by atoms with Crippen molar-refractivity contribution in [3.8, 4) is 106 Å². The molecule has 6 aliphatic heterocycles. The minimum atomic E-state index is -0.895. The first-order valence-corrected chi connectivity index (χ1v) is 42.3. The van der Waals surface area contributed by atoms with E-state index < -0.39 is 42.7 Å². The lowest BCUT2D eigenvalue weighted by Gasteiger charge is -2.12. The van der Waals surface area contributed by atoms with E-state index in [2.05, 4.69) is 29.9 Å². The van der Waals surface area contributed by atoms with Gasteiger partial charge in [-0.3, -0.25) is 0 Å². The minimum absolute atomic E-state index is 0.211. The smallest absolute Gasteiger partial charge is 0.439 e. The third-order valence-electron chi connectivity index (χ3n) is 21.5. The van der Waals surface area contributed by atoms with E-state index in [4.69, 9.17) is 142 Å². The zero-order chi connectivity index (χ0) is 95.1. The molecular formula is C90H72B6Cl6N12O18. The molecule has 132 heavy (non-hydrogen) atoms. The van der Waals surface area contributed by atoms with Crippen LogP contribution in [0.5, 0.6) is 69.8 Å². The standard InChI is InChI=1S/6C15H12BClN2O3/c1-8-3-12-11(7-21-16(12)20)4-13(8)22-14-5-10(6-18)15(17)9(2)19-14;1-8-3-12(4-11-7-21-16(20)14(8)11)22-13-5-10(6-18)15(17)9(2)19-13;1-8-3-12(4-11-7-21-16(20)14(8)11)22-15-10(6-18)5-13(17)9(2)19-15;1-8-3-12-11(7-21-16(12)20)5-14(8)22-15-10(6-18)4-13(17)9(2)19-15;1-8-11-7-21-16(20)12(11)3-4-14(8)22-15-10(6-18)5-13(17)9(2)19-15;1-8-11-7-21-16(20)12(11)3-4-13(8)22-14-5-10(6-18)15(17)9(2)19-14/h6*3-5,20H,7H2,1-2H3. The molecule has 18 rings (SSSR count). The molecule has 6 aromatic heterocycles. The number of aromatic nitrogens is 6. The monoisotopic (exact) mass is 1880 g/mol. The molecule has 0 unspecified atom stereocenters. The van der Waals surface area contributed by atoms with Crippen LogP contribution in [0.4, 0.5) is 0 Å². The molecule has 12 heterocycles. The topological polar surface area (TPSA) is 452 Å². The van der Waals surface area contributed by atoms with Gasteiger partial charge in [0.05, 0.1) is 121 Å². The Bertz CT molecular complexity index is 6780. The van der Waals surface area contributed by atoms with Crippen LogP contribution in [-0.2, 0) is 67.6 Å². The predicted molar refractivity (Wildman–Crippen MR) is 494 cm³/mol. The molecule has 0 aliphatic carbocycles. The van der Waals surface area contributed by atoms with Gasteiger partial charge in [-0.1, -0.05) is 93.9 Å². The van der Waals surface area contributed by atoms with Crippen LogP contribution in [0.15, 0.2) is 109 Å². The molecule has 0 saturated heterocycles. The maximum absolute atomic E-state index is 9.76. The predicted octanol–water partition coefficient (Wildman–Crippen LogP) is 13.4. The van der Waals surface area contributed by atoms with Gasteiger partial charge in [-0.15, -0.1) is 0 Å². The Morgan fingerprint density at radius 1 is 0.288 bits per heavy atom. The van der Waals surface area contributed by atoms with E-state index in [0.717, 1.165) is 99.5 Å². The van der Waals surface area contributed by atoms with Crippen LogP contribution in [0.25, 0.3) is 0 Å². The Kier molecular flexibility index (Phi) is 30.9. The Morgan fingerprint density at radius 2 is 0.591 bits per heavy atom. The molecule has 6 N–H and O–H groups in total. The molecule has 6 aliphatic rings. The molecule has 0 bridgehead atoms. The first-order valence-electron chi connectivity index (χ1n) is 40.1. The summed E-state index contributed by atoms with van der Waals surface area (Å²) >= 11 is 35.9. The fourth-order valence-electron chi connectivity index (χ4n) is 14.4. The Balaban J connectivity index is 0.000000135. The van der Waals surface area contributed by atoms with Gasteiger partial charge >= 0.3 is 42.7 Å². The van der Waals surface area contributed by atoms with Crippen molar-refractivity contribution < 1.29 is 86.5 Å². The van der Waals surface area contributed by atoms with Crippen LogP contribution in [0.3, 0.4) is 0 Å². The van der Waals surface area contributed by atoms with Crippen LogP contribution in [0.2, 0.25) is 30.1 Å². The maximum Gasteiger partial charge on any atom is 0.492 e. The van der Waals surface area contributed by atoms with Crippen LogP contribution < -0.4 is 61.2 Å². The number of pyridine rings is 6. The number of fused-ring (bicyclic) bond motifs is 6. The highest BCUT2D eigenvalue weighted by Gasteiger charge is 2.36. The van der Waals surface area contributed by atoms with E-state index in [1.807, 2.05) is 96.2 Å². The summed E-state index contributed by atoms with van der Waals surface area (Å²) in [4.78, 5) is 25.4. The molecule has 12 aromatic rings. The summed E-state index contributed by atoms with van der Waals surface area (Å²) < 4.78 is 65.8. The van der Waals surface area contributed by atoms with Crippen molar-refractivity contribution in [2.24, 2.45) is 0 Å². The van der Waals surface area contributed by atoms with Crippen molar-refractivity contribution in [3.05, 3.63) is 274 Å². The number of aryl methyl sites for hydroxylation is 10. The third-order valence-corrected chi connectivity index (χ3v) is 24.1. The van der Waals surface area contributed by atoms with Crippen molar-refractivity contribution in [2.75, 3.05) is 0 Å². The second-order valence-electron chi connectivity index (χ2n) is 30.5. The maximum atomic E-state index is 9.76. The Labute approximate surface area is 790 Å². The second kappa shape index (κ2) is 42.0. The molecule has 42 heteroatoms. The van der Waals surface area contributed by atoms with Gasteiger partial charge < -0.3 is 86.5 Å². The van der Waals surface area contributed by atoms with Crippen molar-refractivity contribution in [2.45, 2.75) is 123 Å². The summed E-state index contributed by atoms with van der Waals surface area (Å²) in [6.07, 6.45) is 0. The summed E-state index contributed by atoms with van der Waals surface area (Å²) in [6.45, 7) is 23.6. The summed E-state index contributed by atoms with van der Waals surface area (Å²) in [5.41, 5.74) is 20.1. The molecule has 660 valence electrons. The number of hydrogen-bond acceptors (Lipinski definition) is 30. The van der Waals surface area contributed by atoms with Gasteiger partial charge in [0.15, 0.2) is 0 Å². The zero-order valence-corrected chi connectivity index (χ0v) is 76.9. The van der Waals surface area contributed by atoms with Crippen molar-refractivity contribution in [1.82, 2.24) is 29.9 Å². The molecule has 0 atom stereocenters. The van der Waals surface area contributed by atoms with Gasteiger partial charge in [-0.05, 0) is 249 Å². The summed E-state index contributed by atoms with van der Waals surface area (Å²) in [6, 6.07) is 42.7. The van der Waals surface area contributed by atoms with E-state index in [9.17, 15) is 45.9 Å². The largest absolute Gasteiger partial charge is 0.492 e. The normalized spacial score (nSPS) is 13.0. The highest BCUT2D eigenvalue weighted by molar-refractivity contribution is 6.64. The van der Waals surface area contributed by atoms with Gasteiger partial charge in [-0.25, -0.2) is 29.9 Å². The van der Waals surface area contributed by atoms with E-state index in [1.165, 1.54) is 36.4 Å². The molecule has 0 amide bonds. The summed E-state index contributed by atoms with van der Waals surface area (Å²) in [5.74, 6) is 5.03.